The summed E-state index contributed by atoms with van der Waals surface area (Å²) in [6.45, 7) is 1.98. The molecule has 1 aromatic rings. The number of ether oxygens (including phenoxy) is 2. The van der Waals surface area contributed by atoms with Crippen LogP contribution < -0.4 is 10.1 Å². The van der Waals surface area contributed by atoms with Gasteiger partial charge in [-0.25, -0.2) is 4.98 Å². The summed E-state index contributed by atoms with van der Waals surface area (Å²) in [6, 6.07) is 0. The van der Waals surface area contributed by atoms with Crippen LogP contribution in [0.4, 0.5) is 10.3 Å². The lowest BCUT2D eigenvalue weighted by Gasteiger charge is -2.21. The lowest BCUT2D eigenvalue weighted by Crippen LogP contribution is -2.22. The van der Waals surface area contributed by atoms with Gasteiger partial charge in [-0.15, -0.1) is 0 Å². The lowest BCUT2D eigenvalue weighted by atomic mass is 10.0. The summed E-state index contributed by atoms with van der Waals surface area (Å²) in [6.07, 6.45) is 3.01. The number of hydrogen-bond acceptors (Lipinski definition) is 5. The second-order valence-corrected chi connectivity index (χ2v) is 3.96. The van der Waals surface area contributed by atoms with Crippen LogP contribution in [0.15, 0.2) is 6.20 Å². The monoisotopic (exact) mass is 241 g/mol. The van der Waals surface area contributed by atoms with E-state index in [0.717, 1.165) is 32.3 Å². The van der Waals surface area contributed by atoms with Crippen molar-refractivity contribution >= 4 is 5.95 Å². The molecule has 1 aromatic heterocycles. The number of halogens is 1. The first-order valence-electron chi connectivity index (χ1n) is 5.70. The summed E-state index contributed by atoms with van der Waals surface area (Å²) in [5.41, 5.74) is 0. The van der Waals surface area contributed by atoms with Gasteiger partial charge in [0.1, 0.15) is 0 Å². The van der Waals surface area contributed by atoms with Crippen LogP contribution in [0.2, 0.25) is 0 Å². The minimum absolute atomic E-state index is 0.0100. The SMILES string of the molecule is CNc1ncc(F)c(OCC2CCOCC2)n1. The molecule has 0 atom stereocenters. The van der Waals surface area contributed by atoms with E-state index >= 15 is 0 Å². The Balaban J connectivity index is 1.92. The van der Waals surface area contributed by atoms with Gasteiger partial charge in [-0.3, -0.25) is 0 Å². The minimum Gasteiger partial charge on any atom is -0.475 e. The molecule has 0 radical (unpaired) electrons. The summed E-state index contributed by atoms with van der Waals surface area (Å²) < 4.78 is 24.0. The second kappa shape index (κ2) is 5.77. The highest BCUT2D eigenvalue weighted by Gasteiger charge is 2.16. The first-order chi connectivity index (χ1) is 8.29. The Morgan fingerprint density at radius 2 is 2.29 bits per heavy atom. The van der Waals surface area contributed by atoms with Crippen molar-refractivity contribution in [1.29, 1.82) is 0 Å². The van der Waals surface area contributed by atoms with Crippen LogP contribution in [0.3, 0.4) is 0 Å². The molecule has 0 unspecified atom stereocenters. The lowest BCUT2D eigenvalue weighted by molar-refractivity contribution is 0.0483. The number of rotatable bonds is 4. The average Bonchev–Trinajstić information content (AvgIpc) is 2.39. The Labute approximate surface area is 99.4 Å². The molecule has 6 heteroatoms. The molecule has 17 heavy (non-hydrogen) atoms. The van der Waals surface area contributed by atoms with Gasteiger partial charge in [0, 0.05) is 20.3 Å². The van der Waals surface area contributed by atoms with Crippen molar-refractivity contribution < 1.29 is 13.9 Å². The Bertz CT molecular complexity index is 370. The van der Waals surface area contributed by atoms with E-state index in [1.807, 2.05) is 0 Å². The zero-order valence-corrected chi connectivity index (χ0v) is 9.78. The molecule has 0 amide bonds. The minimum atomic E-state index is -0.531. The van der Waals surface area contributed by atoms with Crippen LogP contribution in [-0.4, -0.2) is 36.8 Å². The topological polar surface area (TPSA) is 56.3 Å². The maximum absolute atomic E-state index is 13.4. The van der Waals surface area contributed by atoms with Gasteiger partial charge in [-0.2, -0.15) is 9.37 Å². The summed E-state index contributed by atoms with van der Waals surface area (Å²) in [5.74, 6) is 0.247. The van der Waals surface area contributed by atoms with Crippen molar-refractivity contribution in [1.82, 2.24) is 9.97 Å². The maximum atomic E-state index is 13.4. The standard InChI is InChI=1S/C11H16FN3O2/c1-13-11-14-6-9(12)10(15-11)17-7-8-2-4-16-5-3-8/h6,8H,2-5,7H2,1H3,(H,13,14,15). The first-order valence-corrected chi connectivity index (χ1v) is 5.70. The second-order valence-electron chi connectivity index (χ2n) is 3.96. The third kappa shape index (κ3) is 3.26. The van der Waals surface area contributed by atoms with E-state index in [4.69, 9.17) is 9.47 Å². The largest absolute Gasteiger partial charge is 0.475 e. The van der Waals surface area contributed by atoms with Gasteiger partial charge in [-0.1, -0.05) is 0 Å². The third-order valence-corrected chi connectivity index (χ3v) is 2.73. The van der Waals surface area contributed by atoms with Gasteiger partial charge in [0.2, 0.25) is 11.8 Å². The van der Waals surface area contributed by atoms with Crippen LogP contribution in [-0.2, 0) is 4.74 Å². The van der Waals surface area contributed by atoms with Gasteiger partial charge in [0.05, 0.1) is 12.8 Å². The predicted molar refractivity (Wildman–Crippen MR) is 60.6 cm³/mol. The Morgan fingerprint density at radius 3 is 3.00 bits per heavy atom. The van der Waals surface area contributed by atoms with Crippen LogP contribution >= 0.6 is 0 Å². The molecule has 1 saturated heterocycles. The number of hydrogen-bond donors (Lipinski definition) is 1. The highest BCUT2D eigenvalue weighted by atomic mass is 19.1. The predicted octanol–water partition coefficient (Wildman–Crippen LogP) is 1.46. The van der Waals surface area contributed by atoms with Crippen LogP contribution in [0.1, 0.15) is 12.8 Å². The van der Waals surface area contributed by atoms with E-state index in [9.17, 15) is 4.39 Å². The van der Waals surface area contributed by atoms with Crippen LogP contribution in [0.5, 0.6) is 5.88 Å². The third-order valence-electron chi connectivity index (χ3n) is 2.73. The Morgan fingerprint density at radius 1 is 1.53 bits per heavy atom. The average molecular weight is 241 g/mol. The van der Waals surface area contributed by atoms with E-state index in [2.05, 4.69) is 15.3 Å². The molecule has 1 aliphatic heterocycles. The Kier molecular flexibility index (Phi) is 4.08. The molecular weight excluding hydrogens is 225 g/mol. The fourth-order valence-electron chi connectivity index (χ4n) is 1.68. The van der Waals surface area contributed by atoms with E-state index in [1.165, 1.54) is 0 Å². The van der Waals surface area contributed by atoms with Crippen molar-refractivity contribution in [3.8, 4) is 5.88 Å². The number of aromatic nitrogens is 2. The molecule has 2 rings (SSSR count). The number of nitrogens with one attached hydrogen (secondary N) is 1. The highest BCUT2D eigenvalue weighted by Crippen LogP contribution is 2.19. The summed E-state index contributed by atoms with van der Waals surface area (Å²) in [4.78, 5) is 7.68. The molecule has 0 spiro atoms. The summed E-state index contributed by atoms with van der Waals surface area (Å²) >= 11 is 0. The van der Waals surface area contributed by atoms with E-state index in [-0.39, 0.29) is 5.88 Å². The molecule has 1 fully saturated rings. The normalized spacial score (nSPS) is 16.8. The quantitative estimate of drug-likeness (QED) is 0.865. The van der Waals surface area contributed by atoms with Crippen molar-refractivity contribution in [2.45, 2.75) is 12.8 Å². The van der Waals surface area contributed by atoms with Gasteiger partial charge in [0.15, 0.2) is 0 Å². The molecule has 1 N–H and O–H groups in total. The van der Waals surface area contributed by atoms with Crippen molar-refractivity contribution in [3.63, 3.8) is 0 Å². The maximum Gasteiger partial charge on any atom is 0.255 e. The molecule has 0 saturated carbocycles. The molecule has 0 aromatic carbocycles. The van der Waals surface area contributed by atoms with Gasteiger partial charge < -0.3 is 14.8 Å². The number of nitrogens with zero attached hydrogens (tertiary/aromatic N) is 2. The molecule has 94 valence electrons. The van der Waals surface area contributed by atoms with E-state index < -0.39 is 5.82 Å². The van der Waals surface area contributed by atoms with Crippen molar-refractivity contribution in [2.24, 2.45) is 5.92 Å². The fraction of sp³-hybridized carbons (Fsp3) is 0.636. The molecule has 2 heterocycles. The van der Waals surface area contributed by atoms with Crippen molar-refractivity contribution in [3.05, 3.63) is 12.0 Å². The van der Waals surface area contributed by atoms with Gasteiger partial charge in [-0.05, 0) is 18.8 Å². The molecular formula is C11H16FN3O2. The molecule has 0 bridgehead atoms. The summed E-state index contributed by atoms with van der Waals surface area (Å²) in [7, 11) is 1.68. The molecule has 5 nitrogen and oxygen atoms in total. The zero-order valence-electron chi connectivity index (χ0n) is 9.78. The summed E-state index contributed by atoms with van der Waals surface area (Å²) in [5, 5.41) is 2.74. The fourth-order valence-corrected chi connectivity index (χ4v) is 1.68. The Hall–Kier alpha value is -1.43. The van der Waals surface area contributed by atoms with E-state index in [0.29, 0.717) is 18.5 Å². The smallest absolute Gasteiger partial charge is 0.255 e. The van der Waals surface area contributed by atoms with Gasteiger partial charge in [0.25, 0.3) is 5.88 Å². The van der Waals surface area contributed by atoms with Gasteiger partial charge >= 0.3 is 0 Å². The van der Waals surface area contributed by atoms with Crippen LogP contribution in [0.25, 0.3) is 0 Å². The van der Waals surface area contributed by atoms with E-state index in [1.54, 1.807) is 7.05 Å². The van der Waals surface area contributed by atoms with Crippen molar-refractivity contribution in [2.75, 3.05) is 32.2 Å². The first kappa shape index (κ1) is 12.0. The highest BCUT2D eigenvalue weighted by molar-refractivity contribution is 5.27. The van der Waals surface area contributed by atoms with Crippen LogP contribution in [0, 0.1) is 11.7 Å². The zero-order chi connectivity index (χ0) is 12.1. The molecule has 0 aliphatic carbocycles. The number of anilines is 1. The molecule has 1 aliphatic rings.